The minimum absolute atomic E-state index is 0.280. The Morgan fingerprint density at radius 1 is 0.821 bits per heavy atom. The Kier molecular flexibility index (Phi) is 6.41. The van der Waals surface area contributed by atoms with Crippen LogP contribution in [0.3, 0.4) is 0 Å². The first-order chi connectivity index (χ1) is 13.6. The smallest absolute Gasteiger partial charge is 0.260 e. The van der Waals surface area contributed by atoms with Crippen molar-refractivity contribution >= 4 is 17.5 Å². The fourth-order valence-electron chi connectivity index (χ4n) is 2.73. The van der Waals surface area contributed by atoms with Crippen LogP contribution in [-0.4, -0.2) is 17.9 Å². The van der Waals surface area contributed by atoms with Gasteiger partial charge in [-0.05, 0) is 36.8 Å². The normalized spacial score (nSPS) is 11.3. The zero-order valence-electron chi connectivity index (χ0n) is 15.7. The molecule has 5 heteroatoms. The predicted molar refractivity (Wildman–Crippen MR) is 111 cm³/mol. The van der Waals surface area contributed by atoms with Crippen molar-refractivity contribution in [1.29, 1.82) is 0 Å². The molecule has 0 bridgehead atoms. The highest BCUT2D eigenvalue weighted by Gasteiger charge is 2.19. The molecular weight excluding hydrogens is 350 g/mol. The van der Waals surface area contributed by atoms with E-state index in [-0.39, 0.29) is 11.8 Å². The molecule has 0 heterocycles. The molecule has 1 atom stereocenters. The lowest BCUT2D eigenvalue weighted by Crippen LogP contribution is -2.51. The second-order valence-corrected chi connectivity index (χ2v) is 6.44. The van der Waals surface area contributed by atoms with Gasteiger partial charge in [0, 0.05) is 5.56 Å². The van der Waals surface area contributed by atoms with Gasteiger partial charge < -0.3 is 5.32 Å². The van der Waals surface area contributed by atoms with Gasteiger partial charge in [-0.15, -0.1) is 0 Å². The van der Waals surface area contributed by atoms with Gasteiger partial charge in [-0.25, -0.2) is 0 Å². The summed E-state index contributed by atoms with van der Waals surface area (Å²) in [5, 5.41) is 4.52. The van der Waals surface area contributed by atoms with E-state index in [0.29, 0.717) is 12.1 Å². The monoisotopic (exact) mass is 373 g/mol. The molecule has 2 amide bonds. The number of amides is 2. The maximum absolute atomic E-state index is 12.7. The molecule has 0 saturated carbocycles. The van der Waals surface area contributed by atoms with E-state index >= 15 is 0 Å². The first kappa shape index (κ1) is 19.2. The van der Waals surface area contributed by atoms with Crippen molar-refractivity contribution < 1.29 is 9.59 Å². The molecular formula is C23H23N3O2. The Labute approximate surface area is 165 Å². The molecule has 142 valence electrons. The third-order valence-electron chi connectivity index (χ3n) is 4.27. The number of rotatable bonds is 7. The zero-order chi connectivity index (χ0) is 19.8. The van der Waals surface area contributed by atoms with Crippen molar-refractivity contribution in [3.05, 3.63) is 102 Å². The highest BCUT2D eigenvalue weighted by Crippen LogP contribution is 2.14. The van der Waals surface area contributed by atoms with Crippen molar-refractivity contribution in [2.75, 3.05) is 5.01 Å². The number of benzene rings is 3. The minimum Gasteiger partial charge on any atom is -0.340 e. The van der Waals surface area contributed by atoms with Crippen LogP contribution in [0.5, 0.6) is 0 Å². The largest absolute Gasteiger partial charge is 0.340 e. The third kappa shape index (κ3) is 5.20. The Morgan fingerprint density at radius 3 is 1.96 bits per heavy atom. The second kappa shape index (κ2) is 9.37. The van der Waals surface area contributed by atoms with Crippen molar-refractivity contribution in [3.8, 4) is 0 Å². The lowest BCUT2D eigenvalue weighted by molar-refractivity contribution is -0.122. The molecule has 5 nitrogen and oxygen atoms in total. The van der Waals surface area contributed by atoms with Crippen LogP contribution in [0, 0.1) is 0 Å². The van der Waals surface area contributed by atoms with Gasteiger partial charge in [0.1, 0.15) is 6.04 Å². The lowest BCUT2D eigenvalue weighted by Gasteiger charge is -2.27. The molecule has 0 fully saturated rings. The van der Waals surface area contributed by atoms with E-state index in [0.717, 1.165) is 11.3 Å². The molecule has 0 aromatic heterocycles. The first-order valence-electron chi connectivity index (χ1n) is 9.16. The molecule has 0 saturated heterocycles. The number of nitrogens with one attached hydrogen (secondary N) is 2. The van der Waals surface area contributed by atoms with Gasteiger partial charge in [0.05, 0.1) is 12.2 Å². The highest BCUT2D eigenvalue weighted by atomic mass is 16.2. The van der Waals surface area contributed by atoms with Gasteiger partial charge in [0.25, 0.3) is 11.8 Å². The molecule has 2 N–H and O–H groups in total. The summed E-state index contributed by atoms with van der Waals surface area (Å²) in [7, 11) is 0. The number of carbonyl (C=O) groups excluding carboxylic acids is 2. The summed E-state index contributed by atoms with van der Waals surface area (Å²) in [4.78, 5) is 25.0. The topological polar surface area (TPSA) is 61.4 Å². The Bertz CT molecular complexity index is 899. The van der Waals surface area contributed by atoms with Crippen molar-refractivity contribution in [2.24, 2.45) is 0 Å². The number of hydrazine groups is 1. The molecule has 0 aliphatic rings. The summed E-state index contributed by atoms with van der Waals surface area (Å²) in [6.07, 6.45) is 0. The SMILES string of the molecule is CC(NC(=O)c1ccccc1)C(=O)NN(Cc1ccccc1)c1ccccc1. The number of nitrogens with zero attached hydrogens (tertiary/aromatic N) is 1. The van der Waals surface area contributed by atoms with Crippen LogP contribution in [0.1, 0.15) is 22.8 Å². The van der Waals surface area contributed by atoms with Crippen LogP contribution in [-0.2, 0) is 11.3 Å². The maximum Gasteiger partial charge on any atom is 0.260 e. The van der Waals surface area contributed by atoms with Crippen LogP contribution in [0.15, 0.2) is 91.0 Å². The van der Waals surface area contributed by atoms with Crippen molar-refractivity contribution in [2.45, 2.75) is 19.5 Å². The average Bonchev–Trinajstić information content (AvgIpc) is 2.75. The van der Waals surface area contributed by atoms with Gasteiger partial charge in [-0.3, -0.25) is 20.0 Å². The average molecular weight is 373 g/mol. The maximum atomic E-state index is 12.7. The van der Waals surface area contributed by atoms with E-state index in [9.17, 15) is 9.59 Å². The molecule has 3 aromatic carbocycles. The molecule has 28 heavy (non-hydrogen) atoms. The molecule has 0 aliphatic carbocycles. The van der Waals surface area contributed by atoms with Gasteiger partial charge in [-0.2, -0.15) is 0 Å². The molecule has 0 aliphatic heterocycles. The fourth-order valence-corrected chi connectivity index (χ4v) is 2.73. The van der Waals surface area contributed by atoms with Crippen LogP contribution in [0.2, 0.25) is 0 Å². The Balaban J connectivity index is 1.69. The molecule has 3 rings (SSSR count). The van der Waals surface area contributed by atoms with Crippen LogP contribution in [0.25, 0.3) is 0 Å². The summed E-state index contributed by atoms with van der Waals surface area (Å²) >= 11 is 0. The number of para-hydroxylation sites is 1. The summed E-state index contributed by atoms with van der Waals surface area (Å²) < 4.78 is 0. The van der Waals surface area contributed by atoms with E-state index in [1.165, 1.54) is 0 Å². The third-order valence-corrected chi connectivity index (χ3v) is 4.27. The summed E-state index contributed by atoms with van der Waals surface area (Å²) in [6.45, 7) is 2.18. The number of anilines is 1. The number of hydrogen-bond donors (Lipinski definition) is 2. The Morgan fingerprint density at radius 2 is 1.36 bits per heavy atom. The summed E-state index contributed by atoms with van der Waals surface area (Å²) in [6, 6.07) is 27.7. The summed E-state index contributed by atoms with van der Waals surface area (Å²) in [5.41, 5.74) is 5.36. The quantitative estimate of drug-likeness (QED) is 0.623. The van der Waals surface area contributed by atoms with Gasteiger partial charge in [0.2, 0.25) is 0 Å². The molecule has 3 aromatic rings. The van der Waals surface area contributed by atoms with Crippen LogP contribution in [0.4, 0.5) is 5.69 Å². The van der Waals surface area contributed by atoms with Gasteiger partial charge in [-0.1, -0.05) is 66.7 Å². The van der Waals surface area contributed by atoms with Gasteiger partial charge in [0.15, 0.2) is 0 Å². The minimum atomic E-state index is -0.685. The van der Waals surface area contributed by atoms with Crippen molar-refractivity contribution in [3.63, 3.8) is 0 Å². The van der Waals surface area contributed by atoms with Crippen LogP contribution < -0.4 is 15.8 Å². The second-order valence-electron chi connectivity index (χ2n) is 6.44. The standard InChI is InChI=1S/C23H23N3O2/c1-18(24-23(28)20-13-7-3-8-14-20)22(27)25-26(21-15-9-4-10-16-21)17-19-11-5-2-6-12-19/h2-16,18H,17H2,1H3,(H,24,28)(H,25,27). The van der Waals surface area contributed by atoms with Crippen LogP contribution >= 0.6 is 0 Å². The van der Waals surface area contributed by atoms with E-state index in [4.69, 9.17) is 0 Å². The fraction of sp³-hybridized carbons (Fsp3) is 0.130. The number of hydrogen-bond acceptors (Lipinski definition) is 3. The number of carbonyl (C=O) groups is 2. The van der Waals surface area contributed by atoms with E-state index in [2.05, 4.69) is 10.7 Å². The highest BCUT2D eigenvalue weighted by molar-refractivity contribution is 5.97. The van der Waals surface area contributed by atoms with E-state index in [1.807, 2.05) is 66.7 Å². The Hall–Kier alpha value is -3.60. The van der Waals surface area contributed by atoms with Crippen molar-refractivity contribution in [1.82, 2.24) is 10.7 Å². The molecule has 0 spiro atoms. The van der Waals surface area contributed by atoms with E-state index in [1.54, 1.807) is 36.2 Å². The van der Waals surface area contributed by atoms with Gasteiger partial charge >= 0.3 is 0 Å². The predicted octanol–water partition coefficient (Wildman–Crippen LogP) is 3.54. The summed E-state index contributed by atoms with van der Waals surface area (Å²) in [5.74, 6) is -0.568. The molecule has 0 radical (unpaired) electrons. The first-order valence-corrected chi connectivity index (χ1v) is 9.16. The molecule has 1 unspecified atom stereocenters. The van der Waals surface area contributed by atoms with E-state index < -0.39 is 6.04 Å². The lowest BCUT2D eigenvalue weighted by atomic mass is 10.2. The zero-order valence-corrected chi connectivity index (χ0v) is 15.7.